The Kier molecular flexibility index (Phi) is 3.71. The molecule has 2 heterocycles. The molecular weight excluding hydrogens is 336 g/mol. The van der Waals surface area contributed by atoms with Crippen LogP contribution in [0.3, 0.4) is 0 Å². The van der Waals surface area contributed by atoms with Crippen molar-refractivity contribution in [2.45, 2.75) is 19.4 Å². The highest BCUT2D eigenvalue weighted by atomic mass is 79.9. The first-order valence-electron chi connectivity index (χ1n) is 6.67. The molecule has 2 aromatic rings. The van der Waals surface area contributed by atoms with E-state index in [1.54, 1.807) is 18.9 Å². The fourth-order valence-corrected chi connectivity index (χ4v) is 2.95. The molecule has 110 valence electrons. The second-order valence-corrected chi connectivity index (χ2v) is 5.92. The van der Waals surface area contributed by atoms with Crippen LogP contribution in [0.5, 0.6) is 5.75 Å². The number of ether oxygens (including phenoxy) is 1. The molecule has 0 bridgehead atoms. The highest BCUT2D eigenvalue weighted by Crippen LogP contribution is 2.37. The van der Waals surface area contributed by atoms with Gasteiger partial charge in [0, 0.05) is 23.5 Å². The Labute approximate surface area is 131 Å². The third-order valence-corrected chi connectivity index (χ3v) is 4.21. The molecule has 0 saturated heterocycles. The van der Waals surface area contributed by atoms with Crippen molar-refractivity contribution >= 4 is 21.8 Å². The zero-order valence-electron chi connectivity index (χ0n) is 11.8. The van der Waals surface area contributed by atoms with Crippen molar-refractivity contribution in [1.82, 2.24) is 9.88 Å². The second kappa shape index (κ2) is 5.52. The molecule has 0 radical (unpaired) electrons. The van der Waals surface area contributed by atoms with Crippen LogP contribution < -0.4 is 4.74 Å². The predicted molar refractivity (Wildman–Crippen MR) is 80.3 cm³/mol. The summed E-state index contributed by atoms with van der Waals surface area (Å²) in [5, 5.41) is 0. The van der Waals surface area contributed by atoms with Gasteiger partial charge < -0.3 is 14.1 Å². The van der Waals surface area contributed by atoms with E-state index in [0.29, 0.717) is 18.1 Å². The number of amides is 1. The van der Waals surface area contributed by atoms with E-state index in [0.717, 1.165) is 22.2 Å². The Bertz CT molecular complexity index is 683. The van der Waals surface area contributed by atoms with Crippen molar-refractivity contribution in [3.8, 4) is 5.75 Å². The number of carbonyl (C=O) groups is 1. The zero-order chi connectivity index (χ0) is 15.0. The number of hydrogen-bond donors (Lipinski definition) is 0. The highest BCUT2D eigenvalue weighted by molar-refractivity contribution is 9.10. The van der Waals surface area contributed by atoms with Gasteiger partial charge in [-0.1, -0.05) is 15.9 Å². The Balaban J connectivity index is 1.93. The van der Waals surface area contributed by atoms with Crippen LogP contribution >= 0.6 is 15.9 Å². The molecule has 1 aromatic carbocycles. The quantitative estimate of drug-likeness (QED) is 0.833. The molecule has 1 amide bonds. The second-order valence-electron chi connectivity index (χ2n) is 5.01. The van der Waals surface area contributed by atoms with Gasteiger partial charge in [0.05, 0.1) is 12.6 Å². The van der Waals surface area contributed by atoms with Crippen LogP contribution in [0.15, 0.2) is 33.5 Å². The average molecular weight is 351 g/mol. The van der Waals surface area contributed by atoms with Gasteiger partial charge in [0.25, 0.3) is 5.91 Å². The van der Waals surface area contributed by atoms with Crippen LogP contribution in [-0.4, -0.2) is 29.4 Å². The number of fused-ring (bicyclic) bond motifs is 1. The van der Waals surface area contributed by atoms with E-state index < -0.39 is 0 Å². The van der Waals surface area contributed by atoms with Crippen LogP contribution in [0.25, 0.3) is 0 Å². The smallest absolute Gasteiger partial charge is 0.276 e. The van der Waals surface area contributed by atoms with Crippen molar-refractivity contribution in [2.24, 2.45) is 0 Å². The molecule has 1 aliphatic heterocycles. The third-order valence-electron chi connectivity index (χ3n) is 3.71. The Morgan fingerprint density at radius 2 is 2.29 bits per heavy atom. The summed E-state index contributed by atoms with van der Waals surface area (Å²) < 4.78 is 11.7. The molecule has 0 N–H and O–H groups in total. The lowest BCUT2D eigenvalue weighted by molar-refractivity contribution is 0.0679. The summed E-state index contributed by atoms with van der Waals surface area (Å²) in [6, 6.07) is 5.82. The summed E-state index contributed by atoms with van der Waals surface area (Å²) in [7, 11) is 1.79. The van der Waals surface area contributed by atoms with E-state index in [4.69, 9.17) is 9.15 Å². The van der Waals surface area contributed by atoms with Crippen molar-refractivity contribution < 1.29 is 13.9 Å². The minimum atomic E-state index is -0.140. The lowest BCUT2D eigenvalue weighted by Crippen LogP contribution is -2.34. The van der Waals surface area contributed by atoms with Gasteiger partial charge in [0.15, 0.2) is 12.1 Å². The van der Waals surface area contributed by atoms with E-state index in [2.05, 4.69) is 20.9 Å². The maximum absolute atomic E-state index is 12.6. The lowest BCUT2D eigenvalue weighted by atomic mass is 9.99. The van der Waals surface area contributed by atoms with Gasteiger partial charge in [-0.05, 0) is 25.1 Å². The SMILES string of the molecule is Cc1ocnc1C(=O)N(C)C1CCOc2ccc(Br)cc21. The average Bonchev–Trinajstić information content (AvgIpc) is 2.91. The zero-order valence-corrected chi connectivity index (χ0v) is 13.4. The number of nitrogens with zero attached hydrogens (tertiary/aromatic N) is 2. The molecule has 1 aromatic heterocycles. The lowest BCUT2D eigenvalue weighted by Gasteiger charge is -2.33. The molecule has 5 nitrogen and oxygen atoms in total. The molecule has 21 heavy (non-hydrogen) atoms. The number of rotatable bonds is 2. The molecule has 1 unspecified atom stereocenters. The normalized spacial score (nSPS) is 17.0. The molecule has 6 heteroatoms. The van der Waals surface area contributed by atoms with E-state index in [9.17, 15) is 4.79 Å². The number of benzene rings is 1. The van der Waals surface area contributed by atoms with Crippen LogP contribution in [0, 0.1) is 6.92 Å². The number of hydrogen-bond acceptors (Lipinski definition) is 4. The molecule has 1 aliphatic rings. The first kappa shape index (κ1) is 14.1. The summed E-state index contributed by atoms with van der Waals surface area (Å²) >= 11 is 3.47. The maximum atomic E-state index is 12.6. The molecule has 0 saturated carbocycles. The standard InChI is InChI=1S/C15H15BrN2O3/c1-9-14(17-8-21-9)15(19)18(2)12-5-6-20-13-4-3-10(16)7-11(12)13/h3-4,7-8,12H,5-6H2,1-2H3. The molecule has 0 spiro atoms. The first-order chi connectivity index (χ1) is 10.1. The molecule has 0 fully saturated rings. The minimum Gasteiger partial charge on any atom is -0.493 e. The minimum absolute atomic E-state index is 0.0325. The summed E-state index contributed by atoms with van der Waals surface area (Å²) in [5.74, 6) is 1.22. The van der Waals surface area contributed by atoms with Gasteiger partial charge >= 0.3 is 0 Å². The van der Waals surface area contributed by atoms with Gasteiger partial charge in [-0.3, -0.25) is 4.79 Å². The number of aromatic nitrogens is 1. The summed E-state index contributed by atoms with van der Waals surface area (Å²) in [5.41, 5.74) is 1.37. The van der Waals surface area contributed by atoms with Gasteiger partial charge in [0.2, 0.25) is 0 Å². The Morgan fingerprint density at radius 3 is 3.00 bits per heavy atom. The van der Waals surface area contributed by atoms with Crippen LogP contribution in [-0.2, 0) is 0 Å². The monoisotopic (exact) mass is 350 g/mol. The summed E-state index contributed by atoms with van der Waals surface area (Å²) in [4.78, 5) is 18.3. The number of oxazole rings is 1. The molecule has 0 aliphatic carbocycles. The number of aryl methyl sites for hydroxylation is 1. The number of halogens is 1. The van der Waals surface area contributed by atoms with E-state index in [-0.39, 0.29) is 11.9 Å². The van der Waals surface area contributed by atoms with Crippen molar-refractivity contribution in [2.75, 3.05) is 13.7 Å². The molecule has 3 rings (SSSR count). The first-order valence-corrected chi connectivity index (χ1v) is 7.46. The topological polar surface area (TPSA) is 55.6 Å². The fraction of sp³-hybridized carbons (Fsp3) is 0.333. The maximum Gasteiger partial charge on any atom is 0.276 e. The van der Waals surface area contributed by atoms with Gasteiger partial charge in [-0.15, -0.1) is 0 Å². The van der Waals surface area contributed by atoms with E-state index in [1.807, 2.05) is 18.2 Å². The third kappa shape index (κ3) is 2.55. The molecular formula is C15H15BrN2O3. The van der Waals surface area contributed by atoms with Crippen molar-refractivity contribution in [1.29, 1.82) is 0 Å². The van der Waals surface area contributed by atoms with E-state index in [1.165, 1.54) is 6.39 Å². The predicted octanol–water partition coefficient (Wildman–Crippen LogP) is 3.34. The fourth-order valence-electron chi connectivity index (χ4n) is 2.57. The van der Waals surface area contributed by atoms with Crippen LogP contribution in [0.1, 0.15) is 34.3 Å². The highest BCUT2D eigenvalue weighted by Gasteiger charge is 2.30. The molecule has 1 atom stereocenters. The summed E-state index contributed by atoms with van der Waals surface area (Å²) in [6.07, 6.45) is 2.05. The Morgan fingerprint density at radius 1 is 1.48 bits per heavy atom. The van der Waals surface area contributed by atoms with Crippen LogP contribution in [0.2, 0.25) is 0 Å². The van der Waals surface area contributed by atoms with Crippen LogP contribution in [0.4, 0.5) is 0 Å². The van der Waals surface area contributed by atoms with Gasteiger partial charge in [0.1, 0.15) is 11.5 Å². The summed E-state index contributed by atoms with van der Waals surface area (Å²) in [6.45, 7) is 2.33. The van der Waals surface area contributed by atoms with E-state index >= 15 is 0 Å². The van der Waals surface area contributed by atoms with Crippen molar-refractivity contribution in [3.05, 3.63) is 46.1 Å². The van der Waals surface area contributed by atoms with Gasteiger partial charge in [-0.2, -0.15) is 0 Å². The van der Waals surface area contributed by atoms with Gasteiger partial charge in [-0.25, -0.2) is 4.98 Å². The van der Waals surface area contributed by atoms with Crippen molar-refractivity contribution in [3.63, 3.8) is 0 Å². The Hall–Kier alpha value is -1.82. The number of carbonyl (C=O) groups excluding carboxylic acids is 1. The largest absolute Gasteiger partial charge is 0.493 e.